The fourth-order valence-electron chi connectivity index (χ4n) is 3.92. The topological polar surface area (TPSA) is 40.5 Å². The highest BCUT2D eigenvalue weighted by Gasteiger charge is 2.50. The molecule has 3 fully saturated rings. The van der Waals surface area contributed by atoms with Gasteiger partial charge in [0.05, 0.1) is 13.1 Å². The smallest absolute Gasteiger partial charge is 0.226 e. The predicted octanol–water partition coefficient (Wildman–Crippen LogP) is 1.65. The van der Waals surface area contributed by atoms with Crippen LogP contribution >= 0.6 is 0 Å². The molecule has 2 aliphatic carbocycles. The van der Waals surface area contributed by atoms with Crippen molar-refractivity contribution in [1.82, 2.24) is 4.90 Å². The molecule has 3 aliphatic rings. The van der Waals surface area contributed by atoms with Crippen molar-refractivity contribution >= 4 is 5.91 Å². The average Bonchev–Trinajstić information content (AvgIpc) is 2.84. The molecule has 1 amide bonds. The second-order valence-electron chi connectivity index (χ2n) is 6.73. The summed E-state index contributed by atoms with van der Waals surface area (Å²) in [4.78, 5) is 14.2. The molecular formula is C14H23NO2. The first kappa shape index (κ1) is 11.5. The number of rotatable bonds is 2. The Morgan fingerprint density at radius 3 is 2.47 bits per heavy atom. The summed E-state index contributed by atoms with van der Waals surface area (Å²) in [6.45, 7) is 5.16. The molecule has 0 aromatic heterocycles. The summed E-state index contributed by atoms with van der Waals surface area (Å²) >= 11 is 0. The van der Waals surface area contributed by atoms with E-state index >= 15 is 0 Å². The summed E-state index contributed by atoms with van der Waals surface area (Å²) in [6, 6.07) is 0. The zero-order valence-corrected chi connectivity index (χ0v) is 10.9. The normalized spacial score (nSPS) is 38.6. The van der Waals surface area contributed by atoms with Gasteiger partial charge in [0.2, 0.25) is 5.91 Å². The lowest BCUT2D eigenvalue weighted by Crippen LogP contribution is -2.67. The molecule has 96 valence electrons. The zero-order valence-electron chi connectivity index (χ0n) is 10.9. The third-order valence-corrected chi connectivity index (χ3v) is 5.37. The summed E-state index contributed by atoms with van der Waals surface area (Å²) in [7, 11) is 0. The number of nitrogens with zero attached hydrogens (tertiary/aromatic N) is 1. The van der Waals surface area contributed by atoms with Crippen molar-refractivity contribution in [3.63, 3.8) is 0 Å². The van der Waals surface area contributed by atoms with E-state index in [-0.39, 0.29) is 11.8 Å². The molecule has 1 aliphatic heterocycles. The van der Waals surface area contributed by atoms with Gasteiger partial charge in [-0.2, -0.15) is 0 Å². The summed E-state index contributed by atoms with van der Waals surface area (Å²) < 4.78 is 0. The minimum absolute atomic E-state index is 0.242. The molecule has 2 saturated carbocycles. The molecule has 3 nitrogen and oxygen atoms in total. The van der Waals surface area contributed by atoms with Gasteiger partial charge >= 0.3 is 0 Å². The number of hydrogen-bond donors (Lipinski definition) is 1. The number of likely N-dealkylation sites (tertiary alicyclic amines) is 1. The van der Waals surface area contributed by atoms with E-state index in [4.69, 9.17) is 0 Å². The van der Waals surface area contributed by atoms with Crippen molar-refractivity contribution in [3.8, 4) is 0 Å². The van der Waals surface area contributed by atoms with E-state index in [1.807, 2.05) is 18.7 Å². The van der Waals surface area contributed by atoms with Crippen LogP contribution in [0.3, 0.4) is 0 Å². The quantitative estimate of drug-likeness (QED) is 0.793. The Hall–Kier alpha value is -0.570. The first-order valence-electron chi connectivity index (χ1n) is 7.01. The number of β-amino-alcohol motifs (C(OH)–C–C–N with tert-alkyl or cyclic N) is 1. The van der Waals surface area contributed by atoms with Crippen molar-refractivity contribution in [2.24, 2.45) is 23.7 Å². The van der Waals surface area contributed by atoms with Gasteiger partial charge in [0.25, 0.3) is 0 Å². The second kappa shape index (κ2) is 3.71. The summed E-state index contributed by atoms with van der Waals surface area (Å²) in [6.07, 6.45) is 4.98. The molecule has 0 aromatic rings. The maximum Gasteiger partial charge on any atom is 0.226 e. The lowest BCUT2D eigenvalue weighted by atomic mass is 9.80. The molecule has 17 heavy (non-hydrogen) atoms. The molecule has 3 unspecified atom stereocenters. The minimum atomic E-state index is -0.618. The molecule has 0 radical (unpaired) electrons. The number of carbonyl (C=O) groups is 1. The van der Waals surface area contributed by atoms with Gasteiger partial charge in [0.1, 0.15) is 5.60 Å². The second-order valence-corrected chi connectivity index (χ2v) is 6.73. The number of hydrogen-bond acceptors (Lipinski definition) is 2. The van der Waals surface area contributed by atoms with Crippen molar-refractivity contribution in [2.45, 2.75) is 45.1 Å². The first-order valence-corrected chi connectivity index (χ1v) is 7.01. The highest BCUT2D eigenvalue weighted by Crippen LogP contribution is 2.49. The Morgan fingerprint density at radius 1 is 1.29 bits per heavy atom. The maximum atomic E-state index is 12.3. The number of fused-ring (bicyclic) bond motifs is 2. The van der Waals surface area contributed by atoms with Crippen LogP contribution in [-0.4, -0.2) is 34.6 Å². The zero-order chi connectivity index (χ0) is 12.2. The van der Waals surface area contributed by atoms with E-state index in [0.717, 1.165) is 12.3 Å². The molecule has 1 heterocycles. The summed E-state index contributed by atoms with van der Waals surface area (Å²) in [5.41, 5.74) is -0.618. The molecule has 0 spiro atoms. The number of aliphatic hydroxyl groups is 1. The van der Waals surface area contributed by atoms with E-state index < -0.39 is 5.60 Å². The van der Waals surface area contributed by atoms with Crippen molar-refractivity contribution in [2.75, 3.05) is 13.1 Å². The van der Waals surface area contributed by atoms with Crippen LogP contribution in [0.5, 0.6) is 0 Å². The Labute approximate surface area is 103 Å². The lowest BCUT2D eigenvalue weighted by Gasteiger charge is -2.50. The Balaban J connectivity index is 1.59. The van der Waals surface area contributed by atoms with Crippen LogP contribution in [0.25, 0.3) is 0 Å². The Bertz CT molecular complexity index is 333. The number of carbonyl (C=O) groups excluding carboxylic acids is 1. The molecule has 1 saturated heterocycles. The lowest BCUT2D eigenvalue weighted by molar-refractivity contribution is -0.169. The molecule has 2 bridgehead atoms. The van der Waals surface area contributed by atoms with Crippen LogP contribution < -0.4 is 0 Å². The molecule has 3 heteroatoms. The largest absolute Gasteiger partial charge is 0.386 e. The van der Waals surface area contributed by atoms with Crippen molar-refractivity contribution in [1.29, 1.82) is 0 Å². The average molecular weight is 237 g/mol. The summed E-state index contributed by atoms with van der Waals surface area (Å²) in [5, 5.41) is 10.2. The van der Waals surface area contributed by atoms with Crippen LogP contribution in [0.1, 0.15) is 39.5 Å². The van der Waals surface area contributed by atoms with Crippen LogP contribution in [0.2, 0.25) is 0 Å². The summed E-state index contributed by atoms with van der Waals surface area (Å²) in [5.74, 6) is 2.32. The van der Waals surface area contributed by atoms with Gasteiger partial charge < -0.3 is 10.0 Å². The highest BCUT2D eigenvalue weighted by atomic mass is 16.3. The van der Waals surface area contributed by atoms with Crippen LogP contribution in [0.4, 0.5) is 0 Å². The Kier molecular flexibility index (Phi) is 2.51. The van der Waals surface area contributed by atoms with Crippen molar-refractivity contribution < 1.29 is 9.90 Å². The van der Waals surface area contributed by atoms with Gasteiger partial charge in [0, 0.05) is 5.92 Å². The van der Waals surface area contributed by atoms with Crippen LogP contribution in [-0.2, 0) is 4.79 Å². The van der Waals surface area contributed by atoms with Crippen LogP contribution in [0, 0.1) is 23.7 Å². The number of amides is 1. The maximum absolute atomic E-state index is 12.3. The predicted molar refractivity (Wildman–Crippen MR) is 65.3 cm³/mol. The van der Waals surface area contributed by atoms with E-state index in [9.17, 15) is 9.90 Å². The van der Waals surface area contributed by atoms with Gasteiger partial charge in [-0.05, 0) is 37.0 Å². The van der Waals surface area contributed by atoms with Crippen molar-refractivity contribution in [3.05, 3.63) is 0 Å². The third-order valence-electron chi connectivity index (χ3n) is 5.37. The van der Waals surface area contributed by atoms with E-state index in [0.29, 0.717) is 24.9 Å². The molecule has 0 aromatic carbocycles. The van der Waals surface area contributed by atoms with Gasteiger partial charge in [-0.1, -0.05) is 20.3 Å². The van der Waals surface area contributed by atoms with Crippen LogP contribution in [0.15, 0.2) is 0 Å². The van der Waals surface area contributed by atoms with E-state index in [1.165, 1.54) is 19.3 Å². The molecular weight excluding hydrogens is 214 g/mol. The third kappa shape index (κ3) is 1.70. The first-order chi connectivity index (χ1) is 7.99. The van der Waals surface area contributed by atoms with Gasteiger partial charge in [-0.25, -0.2) is 0 Å². The minimum Gasteiger partial charge on any atom is -0.386 e. The highest BCUT2D eigenvalue weighted by molar-refractivity contribution is 5.80. The fraction of sp³-hybridized carbons (Fsp3) is 0.929. The monoisotopic (exact) mass is 237 g/mol. The van der Waals surface area contributed by atoms with E-state index in [1.54, 1.807) is 0 Å². The standard InChI is InChI=1S/C14H23NO2/c1-9(2)14(17)7-15(8-14)13(16)12-6-10-3-4-11(12)5-10/h9-12,17H,3-8H2,1-2H3. The molecule has 1 N–H and O–H groups in total. The fourth-order valence-corrected chi connectivity index (χ4v) is 3.92. The molecule has 3 rings (SSSR count). The van der Waals surface area contributed by atoms with Gasteiger partial charge in [-0.15, -0.1) is 0 Å². The van der Waals surface area contributed by atoms with Gasteiger partial charge in [-0.3, -0.25) is 4.79 Å². The SMILES string of the molecule is CC(C)C1(O)CN(C(=O)C2CC3CCC2C3)C1. The van der Waals surface area contributed by atoms with E-state index in [2.05, 4.69) is 0 Å². The molecule has 3 atom stereocenters. The Morgan fingerprint density at radius 2 is 2.00 bits per heavy atom. The van der Waals surface area contributed by atoms with Gasteiger partial charge in [0.15, 0.2) is 0 Å².